The van der Waals surface area contributed by atoms with Crippen LogP contribution in [0, 0.1) is 11.6 Å². The zero-order valence-electron chi connectivity index (χ0n) is 10.4. The predicted molar refractivity (Wildman–Crippen MR) is 68.2 cm³/mol. The van der Waals surface area contributed by atoms with Crippen LogP contribution in [0.5, 0.6) is 0 Å². The lowest BCUT2D eigenvalue weighted by molar-refractivity contribution is -0.143. The lowest BCUT2D eigenvalue weighted by Gasteiger charge is -2.19. The molecule has 20 heavy (non-hydrogen) atoms. The Kier molecular flexibility index (Phi) is 4.42. The molecule has 0 aliphatic rings. The molecule has 0 amide bonds. The second-order valence-electron chi connectivity index (χ2n) is 4.13. The molecule has 104 valence electrons. The quantitative estimate of drug-likeness (QED) is 0.913. The van der Waals surface area contributed by atoms with Crippen molar-refractivity contribution in [3.8, 4) is 0 Å². The average molecular weight is 278 g/mol. The van der Waals surface area contributed by atoms with Crippen LogP contribution in [-0.4, -0.2) is 17.7 Å². The van der Waals surface area contributed by atoms with Crippen LogP contribution in [0.4, 0.5) is 8.78 Å². The molecule has 0 spiro atoms. The number of rotatable bonds is 5. The van der Waals surface area contributed by atoms with Crippen molar-refractivity contribution in [3.05, 3.63) is 71.3 Å². The molecular formula is C15H12F2O3. The van der Waals surface area contributed by atoms with Gasteiger partial charge in [0, 0.05) is 11.1 Å². The number of halogens is 2. The maximum absolute atomic E-state index is 13.8. The molecule has 0 saturated heterocycles. The topological polar surface area (TPSA) is 46.5 Å². The standard InChI is InChI=1S/C15H12F2O3/c16-12-7-3-1-5-10(12)15(20-9-14(18)19)11-6-2-4-8-13(11)17/h1-8,15H,9H2,(H,18,19). The third-order valence-corrected chi connectivity index (χ3v) is 2.75. The Labute approximate surface area is 114 Å². The van der Waals surface area contributed by atoms with Crippen LogP contribution in [0.1, 0.15) is 17.2 Å². The number of hydrogen-bond acceptors (Lipinski definition) is 2. The first-order chi connectivity index (χ1) is 9.59. The molecule has 2 rings (SSSR count). The number of benzene rings is 2. The van der Waals surface area contributed by atoms with Crippen LogP contribution in [0.15, 0.2) is 48.5 Å². The van der Waals surface area contributed by atoms with E-state index in [1.807, 2.05) is 0 Å². The lowest BCUT2D eigenvalue weighted by Crippen LogP contribution is -2.15. The van der Waals surface area contributed by atoms with Crippen molar-refractivity contribution in [2.24, 2.45) is 0 Å². The summed E-state index contributed by atoms with van der Waals surface area (Å²) in [6.07, 6.45) is -1.10. The van der Waals surface area contributed by atoms with Crippen LogP contribution in [0.25, 0.3) is 0 Å². The zero-order valence-corrected chi connectivity index (χ0v) is 10.4. The molecule has 0 unspecified atom stereocenters. The monoisotopic (exact) mass is 278 g/mol. The fourth-order valence-electron chi connectivity index (χ4n) is 1.88. The van der Waals surface area contributed by atoms with Gasteiger partial charge in [0.1, 0.15) is 24.3 Å². The molecule has 0 fully saturated rings. The van der Waals surface area contributed by atoms with E-state index in [-0.39, 0.29) is 11.1 Å². The van der Waals surface area contributed by atoms with Gasteiger partial charge >= 0.3 is 5.97 Å². The first-order valence-corrected chi connectivity index (χ1v) is 5.92. The summed E-state index contributed by atoms with van der Waals surface area (Å²) in [6.45, 7) is -0.646. The van der Waals surface area contributed by atoms with E-state index >= 15 is 0 Å². The predicted octanol–water partition coefficient (Wildman–Crippen LogP) is 3.16. The SMILES string of the molecule is O=C(O)COC(c1ccccc1F)c1ccccc1F. The van der Waals surface area contributed by atoms with E-state index in [1.165, 1.54) is 36.4 Å². The molecule has 2 aromatic carbocycles. The highest BCUT2D eigenvalue weighted by atomic mass is 19.1. The number of carboxylic acids is 1. The van der Waals surface area contributed by atoms with E-state index in [4.69, 9.17) is 9.84 Å². The van der Waals surface area contributed by atoms with Gasteiger partial charge in [0.25, 0.3) is 0 Å². The summed E-state index contributed by atoms with van der Waals surface area (Å²) in [5.74, 6) is -2.36. The van der Waals surface area contributed by atoms with E-state index < -0.39 is 30.3 Å². The van der Waals surface area contributed by atoms with E-state index in [2.05, 4.69) is 0 Å². The third-order valence-electron chi connectivity index (χ3n) is 2.75. The normalized spacial score (nSPS) is 10.8. The summed E-state index contributed by atoms with van der Waals surface area (Å²) in [5, 5.41) is 8.68. The number of hydrogen-bond donors (Lipinski definition) is 1. The van der Waals surface area contributed by atoms with Crippen molar-refractivity contribution in [2.45, 2.75) is 6.10 Å². The van der Waals surface area contributed by atoms with Crippen molar-refractivity contribution in [3.63, 3.8) is 0 Å². The number of aliphatic carboxylic acids is 1. The van der Waals surface area contributed by atoms with Gasteiger partial charge in [0.15, 0.2) is 0 Å². The van der Waals surface area contributed by atoms with Crippen molar-refractivity contribution in [2.75, 3.05) is 6.61 Å². The molecule has 0 aliphatic heterocycles. The maximum Gasteiger partial charge on any atom is 0.329 e. The fraction of sp³-hybridized carbons (Fsp3) is 0.133. The van der Waals surface area contributed by atoms with Crippen LogP contribution in [-0.2, 0) is 9.53 Å². The molecule has 0 heterocycles. The van der Waals surface area contributed by atoms with E-state index in [0.29, 0.717) is 0 Å². The van der Waals surface area contributed by atoms with E-state index in [1.54, 1.807) is 12.1 Å². The average Bonchev–Trinajstić information content (AvgIpc) is 2.42. The molecule has 0 radical (unpaired) electrons. The second-order valence-corrected chi connectivity index (χ2v) is 4.13. The number of ether oxygens (including phenoxy) is 1. The third kappa shape index (κ3) is 3.19. The zero-order chi connectivity index (χ0) is 14.5. The van der Waals surface area contributed by atoms with Crippen LogP contribution in [0.3, 0.4) is 0 Å². The molecule has 3 nitrogen and oxygen atoms in total. The Bertz CT molecular complexity index is 568. The molecule has 1 N–H and O–H groups in total. The number of carbonyl (C=O) groups is 1. The molecule has 0 atom stereocenters. The first-order valence-electron chi connectivity index (χ1n) is 5.92. The first kappa shape index (κ1) is 14.1. The molecule has 0 saturated carbocycles. The van der Waals surface area contributed by atoms with Gasteiger partial charge in [0.2, 0.25) is 0 Å². The lowest BCUT2D eigenvalue weighted by atomic mass is 10.0. The minimum atomic E-state index is -1.21. The van der Waals surface area contributed by atoms with Gasteiger partial charge < -0.3 is 9.84 Å². The smallest absolute Gasteiger partial charge is 0.329 e. The van der Waals surface area contributed by atoms with Gasteiger partial charge in [-0.25, -0.2) is 13.6 Å². The summed E-state index contributed by atoms with van der Waals surface area (Å²) >= 11 is 0. The molecule has 0 aromatic heterocycles. The van der Waals surface area contributed by atoms with Gasteiger partial charge in [-0.3, -0.25) is 0 Å². The summed E-state index contributed by atoms with van der Waals surface area (Å²) in [5.41, 5.74) is 0.192. The van der Waals surface area contributed by atoms with Gasteiger partial charge in [-0.1, -0.05) is 36.4 Å². The summed E-state index contributed by atoms with van der Waals surface area (Å²) in [4.78, 5) is 10.6. The molecule has 0 aliphatic carbocycles. The summed E-state index contributed by atoms with van der Waals surface area (Å²) in [6, 6.07) is 11.5. The van der Waals surface area contributed by atoms with Crippen LogP contribution >= 0.6 is 0 Å². The second kappa shape index (κ2) is 6.25. The van der Waals surface area contributed by atoms with Crippen molar-refractivity contribution < 1.29 is 23.4 Å². The summed E-state index contributed by atoms with van der Waals surface area (Å²) < 4.78 is 32.8. The molecule has 2 aromatic rings. The Hall–Kier alpha value is -2.27. The van der Waals surface area contributed by atoms with Gasteiger partial charge in [-0.15, -0.1) is 0 Å². The fourth-order valence-corrected chi connectivity index (χ4v) is 1.88. The molecular weight excluding hydrogens is 266 g/mol. The van der Waals surface area contributed by atoms with Gasteiger partial charge in [-0.2, -0.15) is 0 Å². The van der Waals surface area contributed by atoms with Crippen LogP contribution < -0.4 is 0 Å². The van der Waals surface area contributed by atoms with E-state index in [9.17, 15) is 13.6 Å². The molecule has 0 bridgehead atoms. The number of carboxylic acid groups (broad SMARTS) is 1. The highest BCUT2D eigenvalue weighted by Gasteiger charge is 2.22. The van der Waals surface area contributed by atoms with Crippen LogP contribution in [0.2, 0.25) is 0 Å². The highest BCUT2D eigenvalue weighted by molar-refractivity contribution is 5.68. The van der Waals surface area contributed by atoms with Crippen molar-refractivity contribution >= 4 is 5.97 Å². The summed E-state index contributed by atoms with van der Waals surface area (Å²) in [7, 11) is 0. The molecule has 5 heteroatoms. The Morgan fingerprint density at radius 3 is 1.85 bits per heavy atom. The van der Waals surface area contributed by atoms with Gasteiger partial charge in [0.05, 0.1) is 0 Å². The van der Waals surface area contributed by atoms with E-state index in [0.717, 1.165) is 0 Å². The van der Waals surface area contributed by atoms with Crippen molar-refractivity contribution in [1.82, 2.24) is 0 Å². The largest absolute Gasteiger partial charge is 0.480 e. The van der Waals surface area contributed by atoms with Gasteiger partial charge in [-0.05, 0) is 12.1 Å². The maximum atomic E-state index is 13.8. The highest BCUT2D eigenvalue weighted by Crippen LogP contribution is 2.29. The Balaban J connectivity index is 2.42. The van der Waals surface area contributed by atoms with Crippen molar-refractivity contribution in [1.29, 1.82) is 0 Å². The minimum absolute atomic E-state index is 0.0962. The minimum Gasteiger partial charge on any atom is -0.480 e. The Morgan fingerprint density at radius 1 is 1.00 bits per heavy atom. The Morgan fingerprint density at radius 2 is 1.45 bits per heavy atom.